The molecule has 1 N–H and O–H groups in total. The number of sulfonamides is 1. The van der Waals surface area contributed by atoms with Gasteiger partial charge in [-0.15, -0.1) is 0 Å². The highest BCUT2D eigenvalue weighted by molar-refractivity contribution is 7.89. The van der Waals surface area contributed by atoms with E-state index in [9.17, 15) is 18.0 Å². The minimum atomic E-state index is -3.75. The van der Waals surface area contributed by atoms with Crippen LogP contribution in [-0.2, 0) is 21.8 Å². The molecular weight excluding hydrogens is 456 g/mol. The Labute approximate surface area is 201 Å². The van der Waals surface area contributed by atoms with E-state index in [1.807, 2.05) is 0 Å². The molecule has 1 aliphatic rings. The predicted octanol–water partition coefficient (Wildman–Crippen LogP) is 1.80. The highest BCUT2D eigenvalue weighted by atomic mass is 32.2. The standard InChI is InChI=1S/C24H36N4O5S/c1-4-10-27(11-5-2)12-6-9-25-24(30)21-18-26(3)22-8-7-19(17-20(22)23(21)29)34(31,32)28-13-15-33-16-14-28/h7-8,17-18H,4-6,9-16H2,1-3H3,(H,25,30). The average Bonchev–Trinajstić information content (AvgIpc) is 2.84. The summed E-state index contributed by atoms with van der Waals surface area (Å²) in [5, 5.41) is 3.06. The number of rotatable bonds is 11. The zero-order valence-electron chi connectivity index (χ0n) is 20.4. The van der Waals surface area contributed by atoms with Crippen molar-refractivity contribution in [2.24, 2.45) is 7.05 Å². The highest BCUT2D eigenvalue weighted by Crippen LogP contribution is 2.21. The summed E-state index contributed by atoms with van der Waals surface area (Å²) in [6, 6.07) is 4.50. The number of pyridine rings is 1. The van der Waals surface area contributed by atoms with Gasteiger partial charge >= 0.3 is 0 Å². The van der Waals surface area contributed by atoms with Gasteiger partial charge in [-0.3, -0.25) is 9.59 Å². The summed E-state index contributed by atoms with van der Waals surface area (Å²) >= 11 is 0. The van der Waals surface area contributed by atoms with E-state index in [1.54, 1.807) is 17.7 Å². The third-order valence-electron chi connectivity index (χ3n) is 6.03. The number of morpholine rings is 1. The van der Waals surface area contributed by atoms with E-state index in [0.29, 0.717) is 25.3 Å². The lowest BCUT2D eigenvalue weighted by atomic mass is 10.1. The average molecular weight is 493 g/mol. The number of benzene rings is 1. The molecule has 0 unspecified atom stereocenters. The number of ether oxygens (including phenoxy) is 1. The second kappa shape index (κ2) is 11.9. The lowest BCUT2D eigenvalue weighted by molar-refractivity contribution is 0.0730. The summed E-state index contributed by atoms with van der Waals surface area (Å²) in [6.07, 6.45) is 4.48. The zero-order valence-corrected chi connectivity index (χ0v) is 21.2. The summed E-state index contributed by atoms with van der Waals surface area (Å²) in [6.45, 7) is 8.95. The number of amides is 1. The Morgan fingerprint density at radius 2 is 1.79 bits per heavy atom. The van der Waals surface area contributed by atoms with Gasteiger partial charge < -0.3 is 19.5 Å². The van der Waals surface area contributed by atoms with Gasteiger partial charge in [0.05, 0.1) is 23.6 Å². The predicted molar refractivity (Wildman–Crippen MR) is 133 cm³/mol. The molecule has 1 fully saturated rings. The Hall–Kier alpha value is -2.27. The van der Waals surface area contributed by atoms with Crippen molar-refractivity contribution in [3.8, 4) is 0 Å². The minimum Gasteiger partial charge on any atom is -0.379 e. The van der Waals surface area contributed by atoms with Gasteiger partial charge in [0.25, 0.3) is 5.91 Å². The zero-order chi connectivity index (χ0) is 24.7. The van der Waals surface area contributed by atoms with Crippen LogP contribution < -0.4 is 10.7 Å². The van der Waals surface area contributed by atoms with Crippen LogP contribution in [0, 0.1) is 0 Å². The maximum atomic E-state index is 13.2. The number of carbonyl (C=O) groups excluding carboxylic acids is 1. The molecule has 0 bridgehead atoms. The Morgan fingerprint density at radius 1 is 1.12 bits per heavy atom. The van der Waals surface area contributed by atoms with Crippen molar-refractivity contribution in [1.82, 2.24) is 19.1 Å². The van der Waals surface area contributed by atoms with E-state index >= 15 is 0 Å². The van der Waals surface area contributed by atoms with E-state index in [1.165, 1.54) is 22.6 Å². The van der Waals surface area contributed by atoms with Gasteiger partial charge in [0.1, 0.15) is 5.56 Å². The first-order valence-corrected chi connectivity index (χ1v) is 13.5. The molecule has 10 heteroatoms. The summed E-state index contributed by atoms with van der Waals surface area (Å²) in [7, 11) is -2.01. The monoisotopic (exact) mass is 492 g/mol. The molecule has 9 nitrogen and oxygen atoms in total. The largest absolute Gasteiger partial charge is 0.379 e. The Morgan fingerprint density at radius 3 is 2.44 bits per heavy atom. The first-order chi connectivity index (χ1) is 16.3. The van der Waals surface area contributed by atoms with Crippen LogP contribution in [0.3, 0.4) is 0 Å². The van der Waals surface area contributed by atoms with Crippen LogP contribution in [0.25, 0.3) is 10.9 Å². The molecule has 1 amide bonds. The van der Waals surface area contributed by atoms with Gasteiger partial charge in [-0.25, -0.2) is 8.42 Å². The van der Waals surface area contributed by atoms with Crippen LogP contribution in [0.5, 0.6) is 0 Å². The maximum Gasteiger partial charge on any atom is 0.256 e. The van der Waals surface area contributed by atoms with Crippen molar-refractivity contribution in [2.75, 3.05) is 52.5 Å². The molecule has 0 spiro atoms. The first-order valence-electron chi connectivity index (χ1n) is 12.0. The molecule has 1 aromatic carbocycles. The van der Waals surface area contributed by atoms with E-state index < -0.39 is 21.4 Å². The number of nitrogens with one attached hydrogen (secondary N) is 1. The van der Waals surface area contributed by atoms with Crippen LogP contribution in [-0.4, -0.2) is 80.6 Å². The third-order valence-corrected chi connectivity index (χ3v) is 7.92. The van der Waals surface area contributed by atoms with Gasteiger partial charge in [-0.1, -0.05) is 13.8 Å². The number of aromatic nitrogens is 1. The van der Waals surface area contributed by atoms with Crippen molar-refractivity contribution in [3.05, 3.63) is 40.2 Å². The lowest BCUT2D eigenvalue weighted by Gasteiger charge is -2.26. The van der Waals surface area contributed by atoms with Crippen LogP contribution in [0.2, 0.25) is 0 Å². The smallest absolute Gasteiger partial charge is 0.256 e. The molecular formula is C24H36N4O5S. The van der Waals surface area contributed by atoms with Gasteiger partial charge in [0.2, 0.25) is 15.5 Å². The minimum absolute atomic E-state index is 0.00916. The molecule has 2 heterocycles. The number of fused-ring (bicyclic) bond motifs is 1. The topological polar surface area (TPSA) is 101 Å². The van der Waals surface area contributed by atoms with E-state index in [4.69, 9.17) is 4.74 Å². The lowest BCUT2D eigenvalue weighted by Crippen LogP contribution is -2.40. The van der Waals surface area contributed by atoms with E-state index in [0.717, 1.165) is 38.9 Å². The fraction of sp³-hybridized carbons (Fsp3) is 0.583. The highest BCUT2D eigenvalue weighted by Gasteiger charge is 2.27. The number of hydrogen-bond acceptors (Lipinski definition) is 6. The van der Waals surface area contributed by atoms with Crippen molar-refractivity contribution in [3.63, 3.8) is 0 Å². The second-order valence-corrected chi connectivity index (χ2v) is 10.6. The summed E-state index contributed by atoms with van der Waals surface area (Å²) in [5.41, 5.74) is 0.107. The van der Waals surface area contributed by atoms with Gasteiger partial charge in [-0.05, 0) is 57.1 Å². The van der Waals surface area contributed by atoms with E-state index in [2.05, 4.69) is 24.1 Å². The number of aryl methyl sites for hydroxylation is 1. The van der Waals surface area contributed by atoms with Gasteiger partial charge in [-0.2, -0.15) is 4.31 Å². The van der Waals surface area contributed by atoms with Gasteiger partial charge in [0.15, 0.2) is 0 Å². The van der Waals surface area contributed by atoms with Crippen LogP contribution >= 0.6 is 0 Å². The molecule has 3 rings (SSSR count). The summed E-state index contributed by atoms with van der Waals surface area (Å²) in [4.78, 5) is 28.4. The normalized spacial score (nSPS) is 15.2. The van der Waals surface area contributed by atoms with Crippen LogP contribution in [0.15, 0.2) is 34.1 Å². The maximum absolute atomic E-state index is 13.2. The molecule has 1 aliphatic heterocycles. The van der Waals surface area contributed by atoms with Crippen LogP contribution in [0.4, 0.5) is 0 Å². The van der Waals surface area contributed by atoms with Crippen molar-refractivity contribution in [1.29, 1.82) is 0 Å². The van der Waals surface area contributed by atoms with Crippen molar-refractivity contribution in [2.45, 2.75) is 38.0 Å². The quantitative estimate of drug-likeness (QED) is 0.480. The fourth-order valence-electron chi connectivity index (χ4n) is 4.30. The molecule has 0 radical (unpaired) electrons. The molecule has 0 saturated carbocycles. The molecule has 188 valence electrons. The fourth-order valence-corrected chi connectivity index (χ4v) is 5.73. The third kappa shape index (κ3) is 6.04. The van der Waals surface area contributed by atoms with Crippen LogP contribution in [0.1, 0.15) is 43.5 Å². The molecule has 1 aromatic heterocycles. The SMILES string of the molecule is CCCN(CCC)CCCNC(=O)c1cn(C)c2ccc(S(=O)(=O)N3CCOCC3)cc2c1=O. The molecule has 0 atom stereocenters. The Bertz CT molecular complexity index is 1150. The Kier molecular flexibility index (Phi) is 9.24. The van der Waals surface area contributed by atoms with Crippen molar-refractivity contribution >= 4 is 26.8 Å². The second-order valence-electron chi connectivity index (χ2n) is 8.63. The number of nitrogens with zero attached hydrogens (tertiary/aromatic N) is 3. The molecule has 1 saturated heterocycles. The molecule has 0 aliphatic carbocycles. The molecule has 2 aromatic rings. The number of hydrogen-bond donors (Lipinski definition) is 1. The number of carbonyl (C=O) groups is 1. The summed E-state index contributed by atoms with van der Waals surface area (Å²) in [5.74, 6) is -0.443. The Balaban J connectivity index is 1.79. The van der Waals surface area contributed by atoms with E-state index in [-0.39, 0.29) is 28.9 Å². The molecule has 34 heavy (non-hydrogen) atoms. The van der Waals surface area contributed by atoms with Crippen molar-refractivity contribution < 1.29 is 17.9 Å². The summed E-state index contributed by atoms with van der Waals surface area (Å²) < 4.78 is 34.4. The van der Waals surface area contributed by atoms with Gasteiger partial charge in [0, 0.05) is 38.3 Å². The first kappa shape index (κ1) is 26.3.